The Kier molecular flexibility index (Phi) is 3.58. The van der Waals surface area contributed by atoms with Gasteiger partial charge < -0.3 is 15.6 Å². The molecule has 1 aromatic heterocycles. The first-order chi connectivity index (χ1) is 9.31. The molecule has 0 radical (unpaired) electrons. The molecule has 1 heterocycles. The molecule has 2 aromatic rings. The summed E-state index contributed by atoms with van der Waals surface area (Å²) in [4.78, 5) is 0. The van der Waals surface area contributed by atoms with Crippen LogP contribution in [0.3, 0.4) is 0 Å². The van der Waals surface area contributed by atoms with Crippen molar-refractivity contribution in [3.63, 3.8) is 0 Å². The van der Waals surface area contributed by atoms with Crippen LogP contribution in [-0.2, 0) is 19.6 Å². The molecule has 3 heteroatoms. The number of hydrogen-bond acceptors (Lipinski definition) is 2. The molecule has 0 bridgehead atoms. The van der Waals surface area contributed by atoms with Gasteiger partial charge in [0.05, 0.1) is 0 Å². The van der Waals surface area contributed by atoms with Crippen LogP contribution in [0.25, 0.3) is 10.9 Å². The minimum atomic E-state index is 0.614. The predicted molar refractivity (Wildman–Crippen MR) is 80.0 cm³/mol. The quantitative estimate of drug-likeness (QED) is 0.865. The summed E-state index contributed by atoms with van der Waals surface area (Å²) in [7, 11) is 0. The lowest BCUT2D eigenvalue weighted by Gasteiger charge is -2.26. The molecule has 3 N–H and O–H groups in total. The highest BCUT2D eigenvalue weighted by Crippen LogP contribution is 2.23. The Bertz CT molecular complexity index is 567. The average Bonchev–Trinajstić information content (AvgIpc) is 2.73. The van der Waals surface area contributed by atoms with E-state index in [0.717, 1.165) is 19.1 Å². The number of nitrogens with one attached hydrogen (secondary N) is 1. The number of benzene rings is 1. The highest BCUT2D eigenvalue weighted by atomic mass is 15.0. The molecule has 3 nitrogen and oxygen atoms in total. The summed E-state index contributed by atoms with van der Waals surface area (Å²) in [6.45, 7) is 4.82. The van der Waals surface area contributed by atoms with Crippen molar-refractivity contribution in [2.24, 2.45) is 5.73 Å². The van der Waals surface area contributed by atoms with Crippen molar-refractivity contribution >= 4 is 10.9 Å². The summed E-state index contributed by atoms with van der Waals surface area (Å²) < 4.78 is 2.40. The average molecular weight is 257 g/mol. The first kappa shape index (κ1) is 12.7. The van der Waals surface area contributed by atoms with Gasteiger partial charge in [-0.05, 0) is 43.5 Å². The van der Waals surface area contributed by atoms with Gasteiger partial charge in [0, 0.05) is 42.3 Å². The number of nitrogens with two attached hydrogens (primary N) is 1. The molecule has 1 aliphatic carbocycles. The Morgan fingerprint density at radius 2 is 2.16 bits per heavy atom. The predicted octanol–water partition coefficient (Wildman–Crippen LogP) is 2.76. The summed E-state index contributed by atoms with van der Waals surface area (Å²) in [5.74, 6) is 0. The minimum Gasteiger partial charge on any atom is -0.344 e. The van der Waals surface area contributed by atoms with Crippen molar-refractivity contribution in [3.05, 3.63) is 35.5 Å². The van der Waals surface area contributed by atoms with Crippen LogP contribution in [0, 0.1) is 0 Å². The first-order valence-electron chi connectivity index (χ1n) is 7.36. The maximum Gasteiger partial charge on any atom is 0.0483 e. The van der Waals surface area contributed by atoms with Crippen molar-refractivity contribution < 1.29 is 0 Å². The van der Waals surface area contributed by atoms with E-state index in [1.54, 1.807) is 0 Å². The zero-order valence-electron chi connectivity index (χ0n) is 11.7. The third-order valence-electron chi connectivity index (χ3n) is 4.28. The Labute approximate surface area is 114 Å². The zero-order valence-corrected chi connectivity index (χ0v) is 11.7. The van der Waals surface area contributed by atoms with E-state index < -0.39 is 0 Å². The third-order valence-corrected chi connectivity index (χ3v) is 4.28. The van der Waals surface area contributed by atoms with E-state index in [9.17, 15) is 0 Å². The number of hydrogen-bond donors (Lipinski definition) is 2. The van der Waals surface area contributed by atoms with E-state index >= 15 is 0 Å². The van der Waals surface area contributed by atoms with Gasteiger partial charge in [-0.25, -0.2) is 0 Å². The summed E-state index contributed by atoms with van der Waals surface area (Å²) in [6.07, 6.45) is 4.06. The fraction of sp³-hybridized carbons (Fsp3) is 0.500. The Morgan fingerprint density at radius 1 is 1.32 bits per heavy atom. The number of rotatable bonds is 5. The summed E-state index contributed by atoms with van der Waals surface area (Å²) in [5.41, 5.74) is 9.64. The van der Waals surface area contributed by atoms with Crippen LogP contribution in [0.4, 0.5) is 0 Å². The van der Waals surface area contributed by atoms with Crippen molar-refractivity contribution in [3.8, 4) is 0 Å². The normalized spacial score (nSPS) is 15.9. The molecule has 1 aromatic carbocycles. The number of nitrogens with zero attached hydrogens (tertiary/aromatic N) is 1. The second kappa shape index (κ2) is 5.35. The molecule has 1 saturated carbocycles. The molecule has 0 spiro atoms. The van der Waals surface area contributed by atoms with E-state index in [0.29, 0.717) is 6.54 Å². The van der Waals surface area contributed by atoms with Crippen LogP contribution in [0.15, 0.2) is 24.3 Å². The van der Waals surface area contributed by atoms with Crippen LogP contribution in [-0.4, -0.2) is 10.6 Å². The molecule has 1 fully saturated rings. The van der Waals surface area contributed by atoms with Gasteiger partial charge in [0.1, 0.15) is 0 Å². The van der Waals surface area contributed by atoms with Gasteiger partial charge in [-0.15, -0.1) is 0 Å². The molecule has 0 saturated heterocycles. The number of aryl methyl sites for hydroxylation is 1. The minimum absolute atomic E-state index is 0.614. The Morgan fingerprint density at radius 3 is 2.79 bits per heavy atom. The lowest BCUT2D eigenvalue weighted by molar-refractivity contribution is 0.335. The second-order valence-electron chi connectivity index (χ2n) is 5.49. The Hall–Kier alpha value is -1.32. The maximum atomic E-state index is 5.72. The van der Waals surface area contributed by atoms with Crippen LogP contribution < -0.4 is 11.1 Å². The van der Waals surface area contributed by atoms with Gasteiger partial charge in [-0.2, -0.15) is 0 Å². The summed E-state index contributed by atoms with van der Waals surface area (Å²) in [5, 5.41) is 4.97. The van der Waals surface area contributed by atoms with Gasteiger partial charge >= 0.3 is 0 Å². The van der Waals surface area contributed by atoms with Crippen LogP contribution in [0.5, 0.6) is 0 Å². The molecular formula is C16H23N3. The topological polar surface area (TPSA) is 43.0 Å². The third kappa shape index (κ3) is 2.40. The molecule has 19 heavy (non-hydrogen) atoms. The largest absolute Gasteiger partial charge is 0.344 e. The number of fused-ring (bicyclic) bond motifs is 1. The molecule has 0 aliphatic heterocycles. The fourth-order valence-corrected chi connectivity index (χ4v) is 2.89. The molecule has 3 rings (SSSR count). The SMILES string of the molecule is CCn1c(CNC2CCC2)cc2cc(CN)ccc21. The van der Waals surface area contributed by atoms with Gasteiger partial charge in [0.15, 0.2) is 0 Å². The van der Waals surface area contributed by atoms with Crippen LogP contribution in [0.1, 0.15) is 37.4 Å². The van der Waals surface area contributed by atoms with Crippen LogP contribution >= 0.6 is 0 Å². The van der Waals surface area contributed by atoms with Crippen molar-refractivity contribution in [1.29, 1.82) is 0 Å². The van der Waals surface area contributed by atoms with Crippen molar-refractivity contribution in [2.45, 2.75) is 51.9 Å². The zero-order chi connectivity index (χ0) is 13.2. The second-order valence-corrected chi connectivity index (χ2v) is 5.49. The molecule has 0 amide bonds. The lowest BCUT2D eigenvalue weighted by Crippen LogP contribution is -2.35. The first-order valence-corrected chi connectivity index (χ1v) is 7.36. The molecule has 102 valence electrons. The van der Waals surface area contributed by atoms with Crippen molar-refractivity contribution in [1.82, 2.24) is 9.88 Å². The smallest absolute Gasteiger partial charge is 0.0483 e. The highest BCUT2D eigenvalue weighted by Gasteiger charge is 2.17. The maximum absolute atomic E-state index is 5.72. The van der Waals surface area contributed by atoms with E-state index in [-0.39, 0.29) is 0 Å². The standard InChI is InChI=1S/C16H23N3/c1-2-19-15(11-18-14-4-3-5-14)9-13-8-12(10-17)6-7-16(13)19/h6-9,14,18H,2-5,10-11,17H2,1H3. The van der Waals surface area contributed by atoms with Gasteiger partial charge in [0.2, 0.25) is 0 Å². The monoisotopic (exact) mass is 257 g/mol. The summed E-state index contributed by atoms with van der Waals surface area (Å²) >= 11 is 0. The molecule has 0 unspecified atom stereocenters. The summed E-state index contributed by atoms with van der Waals surface area (Å²) in [6, 6.07) is 9.60. The van der Waals surface area contributed by atoms with E-state index in [1.807, 2.05) is 0 Å². The lowest BCUT2D eigenvalue weighted by atomic mass is 9.93. The molecule has 0 atom stereocenters. The van der Waals surface area contributed by atoms with E-state index in [4.69, 9.17) is 5.73 Å². The fourth-order valence-electron chi connectivity index (χ4n) is 2.89. The van der Waals surface area contributed by atoms with E-state index in [2.05, 4.69) is 41.1 Å². The Balaban J connectivity index is 1.88. The molecule has 1 aliphatic rings. The van der Waals surface area contributed by atoms with Gasteiger partial charge in [-0.1, -0.05) is 12.5 Å². The van der Waals surface area contributed by atoms with Crippen molar-refractivity contribution in [2.75, 3.05) is 0 Å². The van der Waals surface area contributed by atoms with Gasteiger partial charge in [0.25, 0.3) is 0 Å². The highest BCUT2D eigenvalue weighted by molar-refractivity contribution is 5.82. The molecular weight excluding hydrogens is 234 g/mol. The van der Waals surface area contributed by atoms with E-state index in [1.165, 1.54) is 41.4 Å². The van der Waals surface area contributed by atoms with Gasteiger partial charge in [-0.3, -0.25) is 0 Å². The number of aromatic nitrogens is 1. The van der Waals surface area contributed by atoms with Crippen LogP contribution in [0.2, 0.25) is 0 Å².